The maximum atomic E-state index is 13.0. The molecular formula is C16H24N6O4S2. The first-order chi connectivity index (χ1) is 13.2. The highest BCUT2D eigenvalue weighted by Gasteiger charge is 2.36. The van der Waals surface area contributed by atoms with Gasteiger partial charge in [-0.2, -0.15) is 9.40 Å². The Kier molecular flexibility index (Phi) is 6.01. The van der Waals surface area contributed by atoms with E-state index in [0.29, 0.717) is 42.8 Å². The van der Waals surface area contributed by atoms with Crippen molar-refractivity contribution < 1.29 is 17.7 Å². The molecule has 0 bridgehead atoms. The molecule has 1 saturated heterocycles. The van der Waals surface area contributed by atoms with E-state index in [4.69, 9.17) is 16.7 Å². The molecule has 1 aliphatic rings. The maximum absolute atomic E-state index is 13.0. The van der Waals surface area contributed by atoms with Gasteiger partial charge >= 0.3 is 0 Å². The highest BCUT2D eigenvalue weighted by atomic mass is 32.2. The Morgan fingerprint density at radius 2 is 2.18 bits per heavy atom. The summed E-state index contributed by atoms with van der Waals surface area (Å²) in [4.78, 5) is 12.6. The van der Waals surface area contributed by atoms with Crippen LogP contribution in [0, 0.1) is 24.5 Å². The van der Waals surface area contributed by atoms with Crippen LogP contribution in [-0.2, 0) is 28.3 Å². The molecule has 1 aliphatic heterocycles. The molecule has 1 unspecified atom stereocenters. The van der Waals surface area contributed by atoms with Crippen LogP contribution in [0.1, 0.15) is 30.1 Å². The molecule has 10 nitrogen and oxygen atoms in total. The molecule has 0 aliphatic carbocycles. The zero-order valence-corrected chi connectivity index (χ0v) is 17.7. The fraction of sp³-hybridized carbons (Fsp3) is 0.625. The lowest BCUT2D eigenvalue weighted by Gasteiger charge is -2.31. The summed E-state index contributed by atoms with van der Waals surface area (Å²) in [5.74, 6) is 0.454. The molecule has 0 aromatic carbocycles. The van der Waals surface area contributed by atoms with Gasteiger partial charge in [0.2, 0.25) is 15.9 Å². The van der Waals surface area contributed by atoms with Gasteiger partial charge in [-0.15, -0.1) is 0 Å². The molecule has 2 aromatic heterocycles. The Hall–Kier alpha value is -2.05. The van der Waals surface area contributed by atoms with E-state index in [9.17, 15) is 13.2 Å². The minimum Gasteiger partial charge on any atom is -0.360 e. The molecule has 3 heterocycles. The zero-order valence-electron chi connectivity index (χ0n) is 16.1. The molecule has 3 rings (SSSR count). The molecule has 154 valence electrons. The van der Waals surface area contributed by atoms with Crippen LogP contribution in [-0.4, -0.2) is 58.2 Å². The maximum Gasteiger partial charge on any atom is 0.248 e. The normalized spacial score (nSPS) is 18.3. The third-order valence-corrected chi connectivity index (χ3v) is 7.42. The molecule has 0 saturated carbocycles. The summed E-state index contributed by atoms with van der Waals surface area (Å²) in [6.07, 6.45) is 1.80. The molecule has 2 N–H and O–H groups in total. The average Bonchev–Trinajstić information content (AvgIpc) is 3.17. The lowest BCUT2D eigenvalue weighted by Crippen LogP contribution is -2.45. The fourth-order valence-corrected chi connectivity index (χ4v) is 5.36. The summed E-state index contributed by atoms with van der Waals surface area (Å²) < 4.78 is 34.6. The molecule has 12 heteroatoms. The van der Waals surface area contributed by atoms with Crippen molar-refractivity contribution in [3.8, 4) is 0 Å². The van der Waals surface area contributed by atoms with Crippen LogP contribution in [0.15, 0.2) is 9.42 Å². The average molecular weight is 429 g/mol. The van der Waals surface area contributed by atoms with Crippen molar-refractivity contribution in [1.82, 2.24) is 29.5 Å². The molecule has 28 heavy (non-hydrogen) atoms. The quantitative estimate of drug-likeness (QED) is 0.653. The largest absolute Gasteiger partial charge is 0.360 e. The summed E-state index contributed by atoms with van der Waals surface area (Å²) in [6, 6.07) is 0. The van der Waals surface area contributed by atoms with Gasteiger partial charge in [0, 0.05) is 33.1 Å². The van der Waals surface area contributed by atoms with Crippen LogP contribution < -0.4 is 5.32 Å². The third kappa shape index (κ3) is 4.03. The SMILES string of the molecule is Cc1noc(C)c1S(=O)(=O)N1CCCC(C(=O)NCCc2n[nH]c(=S)n2C)C1. The van der Waals surface area contributed by atoms with E-state index in [2.05, 4.69) is 20.7 Å². The molecular weight excluding hydrogens is 404 g/mol. The van der Waals surface area contributed by atoms with Crippen LogP contribution in [0.25, 0.3) is 0 Å². The second-order valence-corrected chi connectivity index (χ2v) is 9.16. The second-order valence-electron chi connectivity index (χ2n) is 6.90. The van der Waals surface area contributed by atoms with Crippen molar-refractivity contribution >= 4 is 28.1 Å². The highest BCUT2D eigenvalue weighted by molar-refractivity contribution is 7.89. The van der Waals surface area contributed by atoms with Crippen LogP contribution >= 0.6 is 12.2 Å². The topological polar surface area (TPSA) is 126 Å². The van der Waals surface area contributed by atoms with Crippen LogP contribution in [0.5, 0.6) is 0 Å². The van der Waals surface area contributed by atoms with Gasteiger partial charge in [0.1, 0.15) is 16.4 Å². The van der Waals surface area contributed by atoms with Crippen molar-refractivity contribution in [3.05, 3.63) is 22.0 Å². The number of H-pyrrole nitrogens is 1. The van der Waals surface area contributed by atoms with E-state index in [1.807, 2.05) is 7.05 Å². The number of piperidine rings is 1. The van der Waals surface area contributed by atoms with Crippen molar-refractivity contribution in [1.29, 1.82) is 0 Å². The van der Waals surface area contributed by atoms with E-state index in [0.717, 1.165) is 5.82 Å². The second kappa shape index (κ2) is 8.13. The number of hydrogen-bond donors (Lipinski definition) is 2. The Balaban J connectivity index is 1.62. The van der Waals surface area contributed by atoms with Crippen molar-refractivity contribution in [2.45, 2.75) is 38.0 Å². The van der Waals surface area contributed by atoms with Crippen LogP contribution in [0.2, 0.25) is 0 Å². The predicted octanol–water partition coefficient (Wildman–Crippen LogP) is 0.842. The number of amides is 1. The Morgan fingerprint density at radius 3 is 2.79 bits per heavy atom. The minimum atomic E-state index is -3.74. The molecule has 1 amide bonds. The highest BCUT2D eigenvalue weighted by Crippen LogP contribution is 2.27. The van der Waals surface area contributed by atoms with Gasteiger partial charge < -0.3 is 14.4 Å². The minimum absolute atomic E-state index is 0.0966. The van der Waals surface area contributed by atoms with Crippen molar-refractivity contribution in [2.75, 3.05) is 19.6 Å². The van der Waals surface area contributed by atoms with Gasteiger partial charge in [0.25, 0.3) is 0 Å². The van der Waals surface area contributed by atoms with E-state index < -0.39 is 15.9 Å². The van der Waals surface area contributed by atoms with Gasteiger partial charge in [0.05, 0.1) is 5.92 Å². The summed E-state index contributed by atoms with van der Waals surface area (Å²) in [5.41, 5.74) is 0.331. The van der Waals surface area contributed by atoms with Gasteiger partial charge in [0.15, 0.2) is 10.5 Å². The number of carbonyl (C=O) groups excluding carboxylic acids is 1. The number of aromatic nitrogens is 4. The molecule has 0 radical (unpaired) electrons. The monoisotopic (exact) mass is 428 g/mol. The number of aromatic amines is 1. The first-order valence-corrected chi connectivity index (χ1v) is 10.9. The Morgan fingerprint density at radius 1 is 1.43 bits per heavy atom. The summed E-state index contributed by atoms with van der Waals surface area (Å²) in [6.45, 7) is 4.09. The Labute approximate surface area is 168 Å². The smallest absolute Gasteiger partial charge is 0.248 e. The summed E-state index contributed by atoms with van der Waals surface area (Å²) in [5, 5.41) is 13.4. The summed E-state index contributed by atoms with van der Waals surface area (Å²) in [7, 11) is -1.94. The Bertz CT molecular complexity index is 1000. The lowest BCUT2D eigenvalue weighted by molar-refractivity contribution is -0.126. The van der Waals surface area contributed by atoms with Gasteiger partial charge in [-0.05, 0) is 38.9 Å². The molecule has 1 fully saturated rings. The predicted molar refractivity (Wildman–Crippen MR) is 103 cm³/mol. The standard InChI is InChI=1S/C16H24N6O4S2/c1-10-14(11(2)26-20-10)28(24,25)22-8-4-5-12(9-22)15(23)17-7-6-13-18-19-16(27)21(13)3/h12H,4-9H2,1-3H3,(H,17,23)(H,19,27). The number of nitrogens with zero attached hydrogens (tertiary/aromatic N) is 4. The number of carbonyl (C=O) groups is 1. The molecule has 1 atom stereocenters. The number of sulfonamides is 1. The van der Waals surface area contributed by atoms with Gasteiger partial charge in [-0.3, -0.25) is 9.89 Å². The number of hydrogen-bond acceptors (Lipinski definition) is 7. The van der Waals surface area contributed by atoms with Gasteiger partial charge in [-0.1, -0.05) is 5.16 Å². The summed E-state index contributed by atoms with van der Waals surface area (Å²) >= 11 is 5.06. The lowest BCUT2D eigenvalue weighted by atomic mass is 9.99. The first kappa shape index (κ1) is 20.7. The van der Waals surface area contributed by atoms with Crippen molar-refractivity contribution in [3.63, 3.8) is 0 Å². The van der Waals surface area contributed by atoms with Crippen LogP contribution in [0.3, 0.4) is 0 Å². The fourth-order valence-electron chi connectivity index (χ4n) is 3.39. The van der Waals surface area contributed by atoms with Crippen LogP contribution in [0.4, 0.5) is 0 Å². The van der Waals surface area contributed by atoms with Gasteiger partial charge in [-0.25, -0.2) is 8.42 Å². The zero-order chi connectivity index (χ0) is 20.5. The van der Waals surface area contributed by atoms with Crippen molar-refractivity contribution in [2.24, 2.45) is 13.0 Å². The molecule has 2 aromatic rings. The van der Waals surface area contributed by atoms with E-state index in [1.165, 1.54) is 4.31 Å². The molecule has 0 spiro atoms. The number of aryl methyl sites for hydroxylation is 2. The van der Waals surface area contributed by atoms with E-state index in [1.54, 1.807) is 18.4 Å². The number of nitrogens with one attached hydrogen (secondary N) is 2. The third-order valence-electron chi connectivity index (χ3n) is 4.94. The number of rotatable bonds is 6. The van der Waals surface area contributed by atoms with E-state index >= 15 is 0 Å². The first-order valence-electron chi connectivity index (χ1n) is 9.02. The van der Waals surface area contributed by atoms with E-state index in [-0.39, 0.29) is 23.1 Å².